The number of ether oxygens (including phenoxy) is 3. The standard InChI is InChI=1S/C38H39ClN2O7S/c1-3-25-4-6-26(7-5-25)37(42)47-19-21-49(44,45)20-16-29-24-41-18-15-28(29)22-35(41)36(48-38(43)27-8-10-30(39)11-9-27)32-14-17-40-34-13-12-31(46-2)23-33(32)34/h3-14,17,23,28-29,35-36H,1,15-16,18-22,24H2,2H3/t28-,29?,35?,36-/m0/s1. The molecule has 3 unspecified atom stereocenters. The number of pyridine rings is 1. The molecule has 3 aliphatic heterocycles. The van der Waals surface area contributed by atoms with Gasteiger partial charge in [0.2, 0.25) is 0 Å². The van der Waals surface area contributed by atoms with Gasteiger partial charge in [0.15, 0.2) is 9.84 Å². The topological polar surface area (TPSA) is 112 Å². The van der Waals surface area contributed by atoms with E-state index in [1.54, 1.807) is 67.9 Å². The number of esters is 2. The first-order valence-electron chi connectivity index (χ1n) is 16.4. The van der Waals surface area contributed by atoms with Gasteiger partial charge in [-0.15, -0.1) is 0 Å². The lowest BCUT2D eigenvalue weighted by Gasteiger charge is -2.52. The monoisotopic (exact) mass is 702 g/mol. The van der Waals surface area contributed by atoms with Crippen molar-refractivity contribution in [2.24, 2.45) is 11.8 Å². The Morgan fingerprint density at radius 2 is 1.76 bits per heavy atom. The minimum absolute atomic E-state index is 0.0159. The molecule has 7 rings (SSSR count). The van der Waals surface area contributed by atoms with Crippen molar-refractivity contribution in [3.63, 3.8) is 0 Å². The molecule has 4 aromatic rings. The van der Waals surface area contributed by atoms with Crippen LogP contribution in [0.15, 0.2) is 85.6 Å². The number of fused-ring (bicyclic) bond motifs is 4. The number of piperidine rings is 3. The fraction of sp³-hybridized carbons (Fsp3) is 0.342. The van der Waals surface area contributed by atoms with E-state index in [1.807, 2.05) is 24.3 Å². The number of hydrogen-bond donors (Lipinski definition) is 0. The Hall–Kier alpha value is -4.25. The molecule has 0 radical (unpaired) electrons. The second-order valence-electron chi connectivity index (χ2n) is 12.6. The fourth-order valence-corrected chi connectivity index (χ4v) is 8.32. The predicted molar refractivity (Wildman–Crippen MR) is 190 cm³/mol. The van der Waals surface area contributed by atoms with E-state index in [9.17, 15) is 18.0 Å². The largest absolute Gasteiger partial charge is 0.497 e. The highest BCUT2D eigenvalue weighted by Crippen LogP contribution is 2.44. The van der Waals surface area contributed by atoms with Crippen LogP contribution >= 0.6 is 11.6 Å². The van der Waals surface area contributed by atoms with Crippen molar-refractivity contribution >= 4 is 50.4 Å². The molecule has 3 fully saturated rings. The number of carbonyl (C=O) groups is 2. The van der Waals surface area contributed by atoms with E-state index in [-0.39, 0.29) is 36.0 Å². The van der Waals surface area contributed by atoms with Gasteiger partial charge in [-0.05, 0) is 104 Å². The number of carbonyl (C=O) groups excluding carboxylic acids is 2. The maximum absolute atomic E-state index is 13.5. The van der Waals surface area contributed by atoms with Crippen molar-refractivity contribution in [3.05, 3.63) is 113 Å². The van der Waals surface area contributed by atoms with E-state index >= 15 is 0 Å². The van der Waals surface area contributed by atoms with Crippen LogP contribution in [0, 0.1) is 11.8 Å². The summed E-state index contributed by atoms with van der Waals surface area (Å²) in [6.45, 7) is 5.02. The highest BCUT2D eigenvalue weighted by molar-refractivity contribution is 7.91. The van der Waals surface area contributed by atoms with Crippen molar-refractivity contribution in [1.29, 1.82) is 0 Å². The minimum Gasteiger partial charge on any atom is -0.497 e. The molecule has 11 heteroatoms. The fourth-order valence-electron chi connectivity index (χ4n) is 6.99. The van der Waals surface area contributed by atoms with E-state index in [2.05, 4.69) is 16.5 Å². The van der Waals surface area contributed by atoms with Gasteiger partial charge in [-0.25, -0.2) is 18.0 Å². The first-order chi connectivity index (χ1) is 23.6. The van der Waals surface area contributed by atoms with Gasteiger partial charge >= 0.3 is 11.9 Å². The van der Waals surface area contributed by atoms with Gasteiger partial charge in [0.05, 0.1) is 41.3 Å². The number of hydrogen-bond acceptors (Lipinski definition) is 9. The van der Waals surface area contributed by atoms with Gasteiger partial charge in [0, 0.05) is 28.7 Å². The molecular formula is C38H39ClN2O7S. The van der Waals surface area contributed by atoms with Gasteiger partial charge in [0.1, 0.15) is 18.5 Å². The van der Waals surface area contributed by atoms with Crippen LogP contribution in [-0.4, -0.2) is 74.6 Å². The molecule has 256 valence electrons. The molecule has 0 N–H and O–H groups in total. The van der Waals surface area contributed by atoms with Crippen LogP contribution in [0.5, 0.6) is 5.75 Å². The molecule has 3 aromatic carbocycles. The zero-order valence-corrected chi connectivity index (χ0v) is 28.9. The Morgan fingerprint density at radius 3 is 2.45 bits per heavy atom. The Balaban J connectivity index is 1.13. The first-order valence-corrected chi connectivity index (χ1v) is 18.6. The summed E-state index contributed by atoms with van der Waals surface area (Å²) in [5.41, 5.74) is 3.25. The molecule has 1 aromatic heterocycles. The maximum atomic E-state index is 13.5. The lowest BCUT2D eigenvalue weighted by Crippen LogP contribution is -2.56. The van der Waals surface area contributed by atoms with Crippen LogP contribution in [0.1, 0.15) is 57.2 Å². The lowest BCUT2D eigenvalue weighted by molar-refractivity contribution is -0.0658. The van der Waals surface area contributed by atoms with Crippen LogP contribution < -0.4 is 4.74 Å². The normalized spacial score (nSPS) is 20.8. The molecule has 0 saturated carbocycles. The van der Waals surface area contributed by atoms with Crippen LogP contribution in [0.3, 0.4) is 0 Å². The van der Waals surface area contributed by atoms with Crippen molar-refractivity contribution in [3.8, 4) is 5.75 Å². The highest BCUT2D eigenvalue weighted by Gasteiger charge is 2.45. The summed E-state index contributed by atoms with van der Waals surface area (Å²) in [4.78, 5) is 32.8. The number of benzene rings is 3. The Morgan fingerprint density at radius 1 is 1.02 bits per heavy atom. The van der Waals surface area contributed by atoms with Crippen molar-refractivity contribution in [2.45, 2.75) is 31.4 Å². The van der Waals surface area contributed by atoms with Gasteiger partial charge in [-0.2, -0.15) is 0 Å². The van der Waals surface area contributed by atoms with E-state index in [1.165, 1.54) is 0 Å². The van der Waals surface area contributed by atoms with Crippen LogP contribution in [0.2, 0.25) is 5.02 Å². The Labute approximate surface area is 291 Å². The van der Waals surface area contributed by atoms with Crippen LogP contribution in [0.25, 0.3) is 17.0 Å². The third-order valence-electron chi connectivity index (χ3n) is 9.70. The number of aromatic nitrogens is 1. The molecular weight excluding hydrogens is 664 g/mol. The zero-order chi connectivity index (χ0) is 34.5. The van der Waals surface area contributed by atoms with Crippen LogP contribution in [0.4, 0.5) is 0 Å². The molecule has 5 atom stereocenters. The van der Waals surface area contributed by atoms with E-state index in [0.29, 0.717) is 34.9 Å². The molecule has 3 aliphatic rings. The Bertz CT molecular complexity index is 1930. The smallest absolute Gasteiger partial charge is 0.338 e. The quantitative estimate of drug-likeness (QED) is 0.139. The summed E-state index contributed by atoms with van der Waals surface area (Å²) < 4.78 is 43.1. The Kier molecular flexibility index (Phi) is 10.7. The van der Waals surface area contributed by atoms with Crippen LogP contribution in [-0.2, 0) is 19.3 Å². The average molecular weight is 703 g/mol. The zero-order valence-electron chi connectivity index (χ0n) is 27.3. The summed E-state index contributed by atoms with van der Waals surface area (Å²) >= 11 is 6.08. The molecule has 4 heterocycles. The molecule has 3 saturated heterocycles. The summed E-state index contributed by atoms with van der Waals surface area (Å²) in [5, 5.41) is 1.37. The number of sulfone groups is 1. The summed E-state index contributed by atoms with van der Waals surface area (Å²) in [6.07, 6.45) is 5.00. The van der Waals surface area contributed by atoms with Crippen molar-refractivity contribution in [2.75, 3.05) is 38.3 Å². The van der Waals surface area contributed by atoms with Gasteiger partial charge in [-0.1, -0.05) is 36.4 Å². The number of methoxy groups -OCH3 is 1. The van der Waals surface area contributed by atoms with E-state index in [4.69, 9.17) is 25.8 Å². The molecule has 2 bridgehead atoms. The average Bonchev–Trinajstić information content (AvgIpc) is 3.13. The predicted octanol–water partition coefficient (Wildman–Crippen LogP) is 6.81. The molecule has 9 nitrogen and oxygen atoms in total. The summed E-state index contributed by atoms with van der Waals surface area (Å²) in [7, 11) is -1.84. The van der Waals surface area contributed by atoms with Crippen molar-refractivity contribution < 1.29 is 32.2 Å². The SMILES string of the molecule is C=Cc1ccc(C(=O)OCCS(=O)(=O)CCC2CN3CC[C@H]2CC3[C@@H](OC(=O)c2ccc(Cl)cc2)c2ccnc3ccc(OC)cc23)cc1. The van der Waals surface area contributed by atoms with Crippen molar-refractivity contribution in [1.82, 2.24) is 9.88 Å². The highest BCUT2D eigenvalue weighted by atomic mass is 35.5. The lowest BCUT2D eigenvalue weighted by atomic mass is 9.72. The number of rotatable bonds is 13. The molecule has 49 heavy (non-hydrogen) atoms. The number of nitrogens with zero attached hydrogens (tertiary/aromatic N) is 2. The maximum Gasteiger partial charge on any atom is 0.338 e. The summed E-state index contributed by atoms with van der Waals surface area (Å²) in [5.74, 6) is -0.103. The van der Waals surface area contributed by atoms with E-state index < -0.39 is 27.9 Å². The molecule has 0 spiro atoms. The second kappa shape index (κ2) is 15.1. The van der Waals surface area contributed by atoms with E-state index in [0.717, 1.165) is 41.4 Å². The van der Waals surface area contributed by atoms with Gasteiger partial charge in [0.25, 0.3) is 0 Å². The second-order valence-corrected chi connectivity index (χ2v) is 15.4. The first kappa shape index (κ1) is 34.6. The molecule has 0 amide bonds. The van der Waals surface area contributed by atoms with Gasteiger partial charge < -0.3 is 14.2 Å². The third kappa shape index (κ3) is 8.15. The summed E-state index contributed by atoms with van der Waals surface area (Å²) in [6, 6.07) is 20.8. The minimum atomic E-state index is -3.45. The number of halogens is 1. The third-order valence-corrected chi connectivity index (χ3v) is 11.6. The van der Waals surface area contributed by atoms with Gasteiger partial charge in [-0.3, -0.25) is 9.88 Å². The molecule has 0 aliphatic carbocycles.